The highest BCUT2D eigenvalue weighted by Gasteiger charge is 2.70. The Hall–Kier alpha value is -2.81. The van der Waals surface area contributed by atoms with Gasteiger partial charge in [-0.15, -0.1) is 0 Å². The first-order valence-corrected chi connectivity index (χ1v) is 16.9. The van der Waals surface area contributed by atoms with Gasteiger partial charge in [-0.3, -0.25) is 4.79 Å². The molecule has 0 N–H and O–H groups in total. The predicted molar refractivity (Wildman–Crippen MR) is 165 cm³/mol. The van der Waals surface area contributed by atoms with Gasteiger partial charge in [0.05, 0.1) is 33.0 Å². The normalized spacial score (nSPS) is 27.2. The van der Waals surface area contributed by atoms with Crippen molar-refractivity contribution in [3.63, 3.8) is 0 Å². The summed E-state index contributed by atoms with van der Waals surface area (Å²) in [5.41, 5.74) is -0.0760. The van der Waals surface area contributed by atoms with Gasteiger partial charge in [-0.2, -0.15) is 0 Å². The molecule has 0 spiro atoms. The summed E-state index contributed by atoms with van der Waals surface area (Å²) >= 11 is 0. The molecule has 3 aliphatic rings. The van der Waals surface area contributed by atoms with Crippen molar-refractivity contribution < 1.29 is 28.2 Å². The molecule has 3 saturated heterocycles. The van der Waals surface area contributed by atoms with E-state index < -0.39 is 20.0 Å². The van der Waals surface area contributed by atoms with Crippen LogP contribution in [-0.4, -0.2) is 58.8 Å². The molecule has 3 aliphatic heterocycles. The number of rotatable bonds is 10. The van der Waals surface area contributed by atoms with E-state index in [9.17, 15) is 4.79 Å². The Morgan fingerprint density at radius 2 is 1.55 bits per heavy atom. The first-order chi connectivity index (χ1) is 20.2. The Morgan fingerprint density at radius 1 is 0.905 bits per heavy atom. The fourth-order valence-corrected chi connectivity index (χ4v) is 12.1. The lowest BCUT2D eigenvalue weighted by molar-refractivity contribution is -0.247. The van der Waals surface area contributed by atoms with Crippen molar-refractivity contribution in [2.75, 3.05) is 26.9 Å². The van der Waals surface area contributed by atoms with Crippen LogP contribution in [0.3, 0.4) is 0 Å². The van der Waals surface area contributed by atoms with Crippen LogP contribution in [0.2, 0.25) is 5.04 Å². The Morgan fingerprint density at radius 3 is 2.14 bits per heavy atom. The molecule has 6 nitrogen and oxygen atoms in total. The number of ether oxygens (including phenoxy) is 4. The average molecular weight is 587 g/mol. The second kappa shape index (κ2) is 11.4. The first kappa shape index (κ1) is 29.3. The number of carbonyl (C=O) groups is 1. The van der Waals surface area contributed by atoms with Gasteiger partial charge in [0.25, 0.3) is 8.32 Å². The molecule has 4 atom stereocenters. The van der Waals surface area contributed by atoms with E-state index in [1.54, 1.807) is 7.11 Å². The number of methoxy groups -OCH3 is 1. The van der Waals surface area contributed by atoms with Gasteiger partial charge in [-0.25, -0.2) is 0 Å². The molecule has 3 heterocycles. The van der Waals surface area contributed by atoms with Crippen molar-refractivity contribution in [1.82, 2.24) is 0 Å². The zero-order valence-corrected chi connectivity index (χ0v) is 26.1. The Labute approximate surface area is 250 Å². The SMILES string of the molecule is COc1ccc(COC[C@@]23CCO[C@H]4CC(=O)C(C2)OC43CO[Si](c2ccccc2)(c2ccccc2)C(C)(C)C)cc1. The summed E-state index contributed by atoms with van der Waals surface area (Å²) in [6, 6.07) is 29.3. The molecule has 3 fully saturated rings. The number of fused-ring (bicyclic) bond motifs is 1. The average Bonchev–Trinajstić information content (AvgIpc) is 3.33. The van der Waals surface area contributed by atoms with Crippen molar-refractivity contribution in [3.05, 3.63) is 90.5 Å². The van der Waals surface area contributed by atoms with Crippen LogP contribution in [0.25, 0.3) is 0 Å². The number of ketones is 1. The molecule has 0 amide bonds. The second-order valence-electron chi connectivity index (χ2n) is 13.1. The molecule has 42 heavy (non-hydrogen) atoms. The highest BCUT2D eigenvalue weighted by atomic mass is 28.4. The van der Waals surface area contributed by atoms with Gasteiger partial charge < -0.3 is 23.4 Å². The molecule has 0 radical (unpaired) electrons. The summed E-state index contributed by atoms with van der Waals surface area (Å²) in [7, 11) is -1.18. The fourth-order valence-electron chi connectivity index (χ4n) is 7.52. The van der Waals surface area contributed by atoms with E-state index in [1.807, 2.05) is 24.3 Å². The van der Waals surface area contributed by atoms with Crippen molar-refractivity contribution in [2.24, 2.45) is 5.41 Å². The highest BCUT2D eigenvalue weighted by Crippen LogP contribution is 2.58. The molecular weight excluding hydrogens is 544 g/mol. The summed E-state index contributed by atoms with van der Waals surface area (Å²) in [4.78, 5) is 13.1. The number of hydrogen-bond donors (Lipinski definition) is 0. The predicted octanol–water partition coefficient (Wildman–Crippen LogP) is 5.06. The number of Topliss-reactive ketones (excluding diaryl/α,β-unsaturated/α-hetero) is 1. The van der Waals surface area contributed by atoms with E-state index in [0.717, 1.165) is 17.7 Å². The number of benzene rings is 3. The van der Waals surface area contributed by atoms with Crippen molar-refractivity contribution in [2.45, 2.75) is 69.5 Å². The third kappa shape index (κ3) is 4.85. The maximum atomic E-state index is 13.1. The molecule has 2 bridgehead atoms. The van der Waals surface area contributed by atoms with Gasteiger partial charge in [-0.05, 0) is 45.9 Å². The van der Waals surface area contributed by atoms with E-state index in [0.29, 0.717) is 39.3 Å². The molecule has 7 heteroatoms. The smallest absolute Gasteiger partial charge is 0.261 e. The molecule has 0 aliphatic carbocycles. The minimum Gasteiger partial charge on any atom is -0.497 e. The lowest BCUT2D eigenvalue weighted by Gasteiger charge is -2.54. The summed E-state index contributed by atoms with van der Waals surface area (Å²) in [6.45, 7) is 8.73. The van der Waals surface area contributed by atoms with Crippen molar-refractivity contribution >= 4 is 24.5 Å². The van der Waals surface area contributed by atoms with Crippen LogP contribution in [0.1, 0.15) is 45.6 Å². The van der Waals surface area contributed by atoms with Crippen LogP contribution in [0, 0.1) is 5.41 Å². The van der Waals surface area contributed by atoms with Gasteiger partial charge in [0.2, 0.25) is 0 Å². The quantitative estimate of drug-likeness (QED) is 0.310. The fraction of sp³-hybridized carbons (Fsp3) is 0.457. The largest absolute Gasteiger partial charge is 0.497 e. The third-order valence-corrected chi connectivity index (χ3v) is 14.7. The van der Waals surface area contributed by atoms with Crippen LogP contribution in [0.4, 0.5) is 0 Å². The topological polar surface area (TPSA) is 63.2 Å². The first-order valence-electron chi connectivity index (χ1n) is 15.0. The van der Waals surface area contributed by atoms with Crippen LogP contribution in [0.15, 0.2) is 84.9 Å². The van der Waals surface area contributed by atoms with E-state index >= 15 is 0 Å². The Bertz CT molecular complexity index is 1330. The van der Waals surface area contributed by atoms with Gasteiger partial charge in [0.15, 0.2) is 5.78 Å². The monoisotopic (exact) mass is 586 g/mol. The van der Waals surface area contributed by atoms with E-state index in [4.69, 9.17) is 23.4 Å². The second-order valence-corrected chi connectivity index (χ2v) is 17.4. The summed E-state index contributed by atoms with van der Waals surface area (Å²) in [5.74, 6) is 0.945. The van der Waals surface area contributed by atoms with Crippen molar-refractivity contribution in [3.8, 4) is 5.75 Å². The maximum absolute atomic E-state index is 13.1. The minimum atomic E-state index is -2.84. The summed E-state index contributed by atoms with van der Waals surface area (Å²) in [6.07, 6.45) is 0.948. The molecule has 3 aromatic rings. The number of hydrogen-bond acceptors (Lipinski definition) is 6. The zero-order valence-electron chi connectivity index (χ0n) is 25.1. The van der Waals surface area contributed by atoms with Crippen LogP contribution in [0.5, 0.6) is 5.75 Å². The summed E-state index contributed by atoms with van der Waals surface area (Å²) in [5, 5.41) is 2.26. The lowest BCUT2D eigenvalue weighted by Crippen LogP contribution is -2.71. The van der Waals surface area contributed by atoms with Gasteiger partial charge in [0.1, 0.15) is 17.5 Å². The maximum Gasteiger partial charge on any atom is 0.261 e. The Kier molecular flexibility index (Phi) is 7.91. The van der Waals surface area contributed by atoms with Gasteiger partial charge in [0, 0.05) is 18.4 Å². The highest BCUT2D eigenvalue weighted by molar-refractivity contribution is 6.99. The van der Waals surface area contributed by atoms with Crippen LogP contribution in [-0.2, 0) is 30.0 Å². The molecular formula is C35H42O6Si. The molecule has 6 rings (SSSR count). The van der Waals surface area contributed by atoms with E-state index in [-0.39, 0.29) is 22.3 Å². The van der Waals surface area contributed by atoms with Crippen molar-refractivity contribution in [1.29, 1.82) is 0 Å². The Balaban J connectivity index is 1.35. The lowest BCUT2D eigenvalue weighted by atomic mass is 9.66. The van der Waals surface area contributed by atoms with E-state index in [1.165, 1.54) is 10.4 Å². The summed E-state index contributed by atoms with van der Waals surface area (Å²) < 4.78 is 32.4. The molecule has 0 aromatic heterocycles. The van der Waals surface area contributed by atoms with E-state index in [2.05, 4.69) is 81.4 Å². The van der Waals surface area contributed by atoms with Gasteiger partial charge >= 0.3 is 0 Å². The van der Waals surface area contributed by atoms with Gasteiger partial charge in [-0.1, -0.05) is 93.6 Å². The molecule has 0 saturated carbocycles. The molecule has 3 aromatic carbocycles. The third-order valence-electron chi connectivity index (χ3n) is 9.72. The standard InChI is InChI=1S/C35H42O6Si/c1-33(2,3)42(28-11-7-5-8-12-28,29-13-9-6-10-14-29)40-25-35-32-21-30(36)31(41-35)22-34(35,19-20-39-32)24-38-23-26-15-17-27(37-4)18-16-26/h5-18,31-32H,19-25H2,1-4H3/t31?,32-,34+,35?/m0/s1. The molecule has 222 valence electrons. The minimum absolute atomic E-state index is 0.125. The zero-order chi connectivity index (χ0) is 29.4. The van der Waals surface area contributed by atoms with Crippen LogP contribution >= 0.6 is 0 Å². The molecule has 2 unspecified atom stereocenters. The van der Waals surface area contributed by atoms with Crippen LogP contribution < -0.4 is 15.1 Å². The number of carbonyl (C=O) groups excluding carboxylic acids is 1.